The van der Waals surface area contributed by atoms with Gasteiger partial charge in [-0.25, -0.2) is 0 Å². The molecule has 2 aromatic carbocycles. The summed E-state index contributed by atoms with van der Waals surface area (Å²) >= 11 is 0. The van der Waals surface area contributed by atoms with Crippen molar-refractivity contribution in [3.63, 3.8) is 0 Å². The van der Waals surface area contributed by atoms with Gasteiger partial charge in [-0.1, -0.05) is 12.1 Å². The first kappa shape index (κ1) is 12.0. The average molecular weight is 243 g/mol. The van der Waals surface area contributed by atoms with E-state index < -0.39 is 0 Å². The molecular formula is C14H13NO3. The second-order valence-electron chi connectivity index (χ2n) is 3.90. The Balaban J connectivity index is 1.98. The maximum absolute atomic E-state index is 11.8. The van der Waals surface area contributed by atoms with Crippen molar-refractivity contribution in [2.75, 3.05) is 0 Å². The molecule has 0 unspecified atom stereocenters. The first-order valence-corrected chi connectivity index (χ1v) is 5.50. The minimum Gasteiger partial charge on any atom is -0.508 e. The number of phenolic OH excluding ortho intramolecular Hbond substituents is 2. The van der Waals surface area contributed by atoms with Crippen LogP contribution in [0.25, 0.3) is 0 Å². The van der Waals surface area contributed by atoms with E-state index in [1.54, 1.807) is 30.3 Å². The topological polar surface area (TPSA) is 69.6 Å². The van der Waals surface area contributed by atoms with Gasteiger partial charge in [0.2, 0.25) is 0 Å². The largest absolute Gasteiger partial charge is 0.508 e. The summed E-state index contributed by atoms with van der Waals surface area (Å²) < 4.78 is 0. The highest BCUT2D eigenvalue weighted by atomic mass is 16.3. The zero-order valence-electron chi connectivity index (χ0n) is 9.63. The number of amides is 1. The smallest absolute Gasteiger partial charge is 0.251 e. The van der Waals surface area contributed by atoms with Gasteiger partial charge in [-0.05, 0) is 42.0 Å². The number of aromatic hydroxyl groups is 2. The van der Waals surface area contributed by atoms with Crippen LogP contribution in [0.4, 0.5) is 0 Å². The molecule has 18 heavy (non-hydrogen) atoms. The van der Waals surface area contributed by atoms with Gasteiger partial charge in [0.05, 0.1) is 0 Å². The second-order valence-corrected chi connectivity index (χ2v) is 3.90. The molecule has 0 bridgehead atoms. The number of hydrogen-bond donors (Lipinski definition) is 3. The standard InChI is InChI=1S/C14H13NO3/c16-12-6-4-11(5-7-12)14(18)15-9-10-2-1-3-13(17)8-10/h1-8,16-17H,9H2,(H,15,18). The van der Waals surface area contributed by atoms with E-state index in [0.29, 0.717) is 12.1 Å². The molecule has 92 valence electrons. The maximum Gasteiger partial charge on any atom is 0.251 e. The highest BCUT2D eigenvalue weighted by molar-refractivity contribution is 5.94. The van der Waals surface area contributed by atoms with Gasteiger partial charge in [0.25, 0.3) is 5.91 Å². The Kier molecular flexibility index (Phi) is 3.48. The van der Waals surface area contributed by atoms with E-state index in [-0.39, 0.29) is 17.4 Å². The van der Waals surface area contributed by atoms with Crippen LogP contribution in [0.5, 0.6) is 11.5 Å². The summed E-state index contributed by atoms with van der Waals surface area (Å²) in [7, 11) is 0. The summed E-state index contributed by atoms with van der Waals surface area (Å²) in [5, 5.41) is 21.1. The van der Waals surface area contributed by atoms with E-state index in [1.165, 1.54) is 12.1 Å². The predicted molar refractivity (Wildman–Crippen MR) is 67.4 cm³/mol. The van der Waals surface area contributed by atoms with Crippen LogP contribution in [0.15, 0.2) is 48.5 Å². The molecule has 0 saturated carbocycles. The minimum atomic E-state index is -0.224. The summed E-state index contributed by atoms with van der Waals surface area (Å²) in [5.74, 6) is 0.0734. The van der Waals surface area contributed by atoms with Crippen molar-refractivity contribution < 1.29 is 15.0 Å². The van der Waals surface area contributed by atoms with Gasteiger partial charge in [0.15, 0.2) is 0 Å². The molecule has 0 fully saturated rings. The summed E-state index contributed by atoms with van der Waals surface area (Å²) in [6, 6.07) is 12.7. The van der Waals surface area contributed by atoms with Crippen LogP contribution in [0.1, 0.15) is 15.9 Å². The van der Waals surface area contributed by atoms with Crippen molar-refractivity contribution in [1.82, 2.24) is 5.32 Å². The van der Waals surface area contributed by atoms with E-state index in [2.05, 4.69) is 5.32 Å². The van der Waals surface area contributed by atoms with Crippen LogP contribution in [0, 0.1) is 0 Å². The van der Waals surface area contributed by atoms with Gasteiger partial charge in [-0.15, -0.1) is 0 Å². The third-order valence-corrected chi connectivity index (χ3v) is 2.49. The lowest BCUT2D eigenvalue weighted by Gasteiger charge is -2.05. The van der Waals surface area contributed by atoms with Crippen LogP contribution in [0.2, 0.25) is 0 Å². The summed E-state index contributed by atoms with van der Waals surface area (Å²) in [5.41, 5.74) is 1.30. The number of carbonyl (C=O) groups is 1. The van der Waals surface area contributed by atoms with Crippen LogP contribution in [-0.4, -0.2) is 16.1 Å². The molecule has 4 heteroatoms. The number of carbonyl (C=O) groups excluding carboxylic acids is 1. The SMILES string of the molecule is O=C(NCc1cccc(O)c1)c1ccc(O)cc1. The molecule has 4 nitrogen and oxygen atoms in total. The van der Waals surface area contributed by atoms with E-state index in [1.807, 2.05) is 6.07 Å². The fourth-order valence-electron chi connectivity index (χ4n) is 1.56. The Morgan fingerprint density at radius 1 is 1.00 bits per heavy atom. The third-order valence-electron chi connectivity index (χ3n) is 2.49. The molecule has 1 amide bonds. The average Bonchev–Trinajstić information content (AvgIpc) is 2.37. The van der Waals surface area contributed by atoms with Gasteiger partial charge >= 0.3 is 0 Å². The van der Waals surface area contributed by atoms with Gasteiger partial charge in [0.1, 0.15) is 11.5 Å². The van der Waals surface area contributed by atoms with Crippen molar-refractivity contribution in [3.8, 4) is 11.5 Å². The Bertz CT molecular complexity index is 549. The lowest BCUT2D eigenvalue weighted by atomic mass is 10.2. The third kappa shape index (κ3) is 3.01. The minimum absolute atomic E-state index is 0.125. The van der Waals surface area contributed by atoms with Crippen molar-refractivity contribution in [2.45, 2.75) is 6.54 Å². The zero-order valence-corrected chi connectivity index (χ0v) is 9.63. The molecule has 0 spiro atoms. The van der Waals surface area contributed by atoms with Gasteiger partial charge in [0, 0.05) is 12.1 Å². The number of nitrogens with one attached hydrogen (secondary N) is 1. The molecule has 3 N–H and O–H groups in total. The van der Waals surface area contributed by atoms with Gasteiger partial charge < -0.3 is 15.5 Å². The summed E-state index contributed by atoms with van der Waals surface area (Å²) in [6.45, 7) is 0.341. The van der Waals surface area contributed by atoms with Crippen LogP contribution >= 0.6 is 0 Å². The Morgan fingerprint density at radius 3 is 2.39 bits per heavy atom. The lowest BCUT2D eigenvalue weighted by Crippen LogP contribution is -2.22. The molecule has 0 radical (unpaired) electrons. The first-order chi connectivity index (χ1) is 8.65. The molecule has 0 aliphatic rings. The molecular weight excluding hydrogens is 230 g/mol. The molecule has 0 heterocycles. The van der Waals surface area contributed by atoms with Crippen LogP contribution in [0.3, 0.4) is 0 Å². The quantitative estimate of drug-likeness (QED) is 0.772. The molecule has 2 rings (SSSR count). The van der Waals surface area contributed by atoms with E-state index in [0.717, 1.165) is 5.56 Å². The van der Waals surface area contributed by atoms with Crippen molar-refractivity contribution in [2.24, 2.45) is 0 Å². The second kappa shape index (κ2) is 5.23. The summed E-state index contributed by atoms with van der Waals surface area (Å²) in [6.07, 6.45) is 0. The number of rotatable bonds is 3. The normalized spacial score (nSPS) is 10.0. The number of benzene rings is 2. The van der Waals surface area contributed by atoms with E-state index in [4.69, 9.17) is 5.11 Å². The van der Waals surface area contributed by atoms with E-state index >= 15 is 0 Å². The van der Waals surface area contributed by atoms with Gasteiger partial charge in [-0.3, -0.25) is 4.79 Å². The molecule has 0 aromatic heterocycles. The Hall–Kier alpha value is -2.49. The Labute approximate surface area is 105 Å². The van der Waals surface area contributed by atoms with Crippen molar-refractivity contribution in [3.05, 3.63) is 59.7 Å². The van der Waals surface area contributed by atoms with Crippen molar-refractivity contribution in [1.29, 1.82) is 0 Å². The first-order valence-electron chi connectivity index (χ1n) is 5.50. The lowest BCUT2D eigenvalue weighted by molar-refractivity contribution is 0.0951. The highest BCUT2D eigenvalue weighted by Gasteiger charge is 2.04. The van der Waals surface area contributed by atoms with Crippen LogP contribution < -0.4 is 5.32 Å². The molecule has 0 atom stereocenters. The highest BCUT2D eigenvalue weighted by Crippen LogP contribution is 2.12. The monoisotopic (exact) mass is 243 g/mol. The zero-order chi connectivity index (χ0) is 13.0. The molecule has 0 aliphatic heterocycles. The summed E-state index contributed by atoms with van der Waals surface area (Å²) in [4.78, 5) is 11.8. The fourth-order valence-corrected chi connectivity index (χ4v) is 1.56. The number of hydrogen-bond acceptors (Lipinski definition) is 3. The van der Waals surface area contributed by atoms with Gasteiger partial charge in [-0.2, -0.15) is 0 Å². The maximum atomic E-state index is 11.8. The van der Waals surface area contributed by atoms with Crippen molar-refractivity contribution >= 4 is 5.91 Å². The van der Waals surface area contributed by atoms with Crippen LogP contribution in [-0.2, 0) is 6.54 Å². The molecule has 0 saturated heterocycles. The molecule has 0 aliphatic carbocycles. The Morgan fingerprint density at radius 2 is 1.72 bits per heavy atom. The molecule has 2 aromatic rings. The number of phenols is 2. The van der Waals surface area contributed by atoms with E-state index in [9.17, 15) is 9.90 Å². The predicted octanol–water partition coefficient (Wildman–Crippen LogP) is 2.03. The fraction of sp³-hybridized carbons (Fsp3) is 0.0714.